The van der Waals surface area contributed by atoms with Gasteiger partial charge in [-0.15, -0.1) is 5.92 Å². The number of aromatic carboxylic acids is 1. The molecule has 0 aliphatic rings. The average Bonchev–Trinajstić information content (AvgIpc) is 2.31. The highest BCUT2D eigenvalue weighted by atomic mass is 79.9. The maximum absolute atomic E-state index is 13.9. The van der Waals surface area contributed by atoms with Crippen LogP contribution in [0.2, 0.25) is 0 Å². The highest BCUT2D eigenvalue weighted by Crippen LogP contribution is 2.24. The second kappa shape index (κ2) is 6.14. The van der Waals surface area contributed by atoms with E-state index in [9.17, 15) is 17.6 Å². The summed E-state index contributed by atoms with van der Waals surface area (Å²) in [6.45, 7) is 1.34. The third-order valence-corrected chi connectivity index (χ3v) is 3.91. The first-order chi connectivity index (χ1) is 8.79. The van der Waals surface area contributed by atoms with Gasteiger partial charge in [0.05, 0.1) is 12.1 Å². The lowest BCUT2D eigenvalue weighted by molar-refractivity contribution is 0.0691. The van der Waals surface area contributed by atoms with Crippen molar-refractivity contribution in [3.8, 4) is 11.8 Å². The SMILES string of the molecule is CC#CCNS(=O)(=O)c1cc(Br)cc(C(=O)O)c1F. The molecule has 102 valence electrons. The van der Waals surface area contributed by atoms with Gasteiger partial charge in [-0.3, -0.25) is 0 Å². The zero-order valence-electron chi connectivity index (χ0n) is 9.70. The molecule has 0 aliphatic heterocycles. The molecule has 0 aliphatic carbocycles. The Bertz CT molecular complexity index is 676. The minimum atomic E-state index is -4.16. The van der Waals surface area contributed by atoms with E-state index in [1.54, 1.807) is 0 Å². The Balaban J connectivity index is 3.33. The van der Waals surface area contributed by atoms with E-state index in [1.807, 2.05) is 0 Å². The number of carboxylic acid groups (broad SMARTS) is 1. The van der Waals surface area contributed by atoms with E-state index < -0.39 is 32.3 Å². The van der Waals surface area contributed by atoms with E-state index in [0.29, 0.717) is 0 Å². The van der Waals surface area contributed by atoms with Gasteiger partial charge >= 0.3 is 5.97 Å². The molecule has 8 heteroatoms. The Morgan fingerprint density at radius 1 is 1.53 bits per heavy atom. The Morgan fingerprint density at radius 3 is 2.68 bits per heavy atom. The molecule has 0 bridgehead atoms. The smallest absolute Gasteiger partial charge is 0.338 e. The van der Waals surface area contributed by atoms with Gasteiger partial charge in [-0.25, -0.2) is 17.6 Å². The van der Waals surface area contributed by atoms with Gasteiger partial charge in [0.15, 0.2) is 5.82 Å². The lowest BCUT2D eigenvalue weighted by Crippen LogP contribution is -2.25. The minimum absolute atomic E-state index is 0.147. The van der Waals surface area contributed by atoms with Crippen LogP contribution in [0.3, 0.4) is 0 Å². The third kappa shape index (κ3) is 3.76. The van der Waals surface area contributed by atoms with Gasteiger partial charge in [0.25, 0.3) is 0 Å². The van der Waals surface area contributed by atoms with Crippen molar-refractivity contribution in [2.24, 2.45) is 0 Å². The standard InChI is InChI=1S/C11H9BrFNO4S/c1-2-3-4-14-19(17,18)9-6-7(12)5-8(10(9)13)11(15)16/h5-6,14H,4H2,1H3,(H,15,16). The quantitative estimate of drug-likeness (QED) is 0.808. The lowest BCUT2D eigenvalue weighted by Gasteiger charge is -2.08. The van der Waals surface area contributed by atoms with E-state index in [4.69, 9.17) is 5.11 Å². The summed E-state index contributed by atoms with van der Waals surface area (Å²) >= 11 is 2.94. The summed E-state index contributed by atoms with van der Waals surface area (Å²) in [5.74, 6) is 2.06. The molecule has 0 unspecified atom stereocenters. The Hall–Kier alpha value is -1.43. The predicted octanol–water partition coefficient (Wildman–Crippen LogP) is 1.59. The van der Waals surface area contributed by atoms with Crippen molar-refractivity contribution in [2.45, 2.75) is 11.8 Å². The van der Waals surface area contributed by atoms with Gasteiger partial charge in [-0.1, -0.05) is 21.9 Å². The number of carboxylic acids is 1. The monoisotopic (exact) mass is 349 g/mol. The summed E-state index contributed by atoms with van der Waals surface area (Å²) in [6, 6.07) is 1.98. The highest BCUT2D eigenvalue weighted by Gasteiger charge is 2.24. The zero-order chi connectivity index (χ0) is 14.6. The van der Waals surface area contributed by atoms with Crippen molar-refractivity contribution in [2.75, 3.05) is 6.54 Å². The molecule has 0 saturated carbocycles. The van der Waals surface area contributed by atoms with Crippen molar-refractivity contribution in [3.63, 3.8) is 0 Å². The first-order valence-corrected chi connectivity index (χ1v) is 7.19. The summed E-state index contributed by atoms with van der Waals surface area (Å²) in [4.78, 5) is 10.1. The van der Waals surface area contributed by atoms with Crippen molar-refractivity contribution in [1.29, 1.82) is 0 Å². The fourth-order valence-corrected chi connectivity index (χ4v) is 2.87. The largest absolute Gasteiger partial charge is 0.478 e. The van der Waals surface area contributed by atoms with E-state index >= 15 is 0 Å². The van der Waals surface area contributed by atoms with Crippen molar-refractivity contribution >= 4 is 31.9 Å². The fourth-order valence-electron chi connectivity index (χ4n) is 1.21. The molecule has 0 aromatic heterocycles. The van der Waals surface area contributed by atoms with Crippen LogP contribution in [0.15, 0.2) is 21.5 Å². The van der Waals surface area contributed by atoms with Crippen LogP contribution in [-0.4, -0.2) is 26.0 Å². The highest BCUT2D eigenvalue weighted by molar-refractivity contribution is 9.10. The normalized spacial score (nSPS) is 10.7. The van der Waals surface area contributed by atoms with Gasteiger partial charge in [-0.05, 0) is 19.1 Å². The molecule has 0 heterocycles. The van der Waals surface area contributed by atoms with Crippen LogP contribution in [0.1, 0.15) is 17.3 Å². The molecule has 1 aromatic carbocycles. The van der Waals surface area contributed by atoms with Gasteiger partial charge in [-0.2, -0.15) is 4.72 Å². The number of hydrogen-bond acceptors (Lipinski definition) is 3. The molecule has 0 spiro atoms. The van der Waals surface area contributed by atoms with Crippen molar-refractivity contribution < 1.29 is 22.7 Å². The second-order valence-electron chi connectivity index (χ2n) is 3.32. The van der Waals surface area contributed by atoms with Crippen LogP contribution in [0, 0.1) is 17.7 Å². The molecule has 0 radical (unpaired) electrons. The van der Waals surface area contributed by atoms with Crippen LogP contribution in [0.25, 0.3) is 0 Å². The molecular weight excluding hydrogens is 341 g/mol. The van der Waals surface area contributed by atoms with E-state index in [1.165, 1.54) is 6.92 Å². The lowest BCUT2D eigenvalue weighted by atomic mass is 10.2. The van der Waals surface area contributed by atoms with Crippen LogP contribution in [0.4, 0.5) is 4.39 Å². The van der Waals surface area contributed by atoms with Crippen LogP contribution in [-0.2, 0) is 10.0 Å². The topological polar surface area (TPSA) is 83.5 Å². The molecule has 1 rings (SSSR count). The summed E-state index contributed by atoms with van der Waals surface area (Å²) in [6.07, 6.45) is 0. The molecule has 1 aromatic rings. The van der Waals surface area contributed by atoms with Gasteiger partial charge in [0.1, 0.15) is 4.90 Å². The first kappa shape index (κ1) is 15.6. The van der Waals surface area contributed by atoms with Gasteiger partial charge in [0, 0.05) is 4.47 Å². The summed E-state index contributed by atoms with van der Waals surface area (Å²) < 4.78 is 39.7. The number of sulfonamides is 1. The summed E-state index contributed by atoms with van der Waals surface area (Å²) in [5.41, 5.74) is -0.726. The number of halogens is 2. The first-order valence-electron chi connectivity index (χ1n) is 4.91. The maximum Gasteiger partial charge on any atom is 0.338 e. The number of hydrogen-bond donors (Lipinski definition) is 2. The third-order valence-electron chi connectivity index (χ3n) is 2.05. The summed E-state index contributed by atoms with van der Waals surface area (Å²) in [5, 5.41) is 8.80. The maximum atomic E-state index is 13.9. The zero-order valence-corrected chi connectivity index (χ0v) is 12.1. The van der Waals surface area contributed by atoms with E-state index in [2.05, 4.69) is 32.5 Å². The number of benzene rings is 1. The molecule has 0 saturated heterocycles. The second-order valence-corrected chi connectivity index (χ2v) is 5.97. The Labute approximate surface area is 118 Å². The average molecular weight is 350 g/mol. The predicted molar refractivity (Wildman–Crippen MR) is 69.7 cm³/mol. The van der Waals surface area contributed by atoms with Gasteiger partial charge < -0.3 is 5.11 Å². The van der Waals surface area contributed by atoms with Crippen molar-refractivity contribution in [3.05, 3.63) is 28.0 Å². The van der Waals surface area contributed by atoms with Crippen molar-refractivity contribution in [1.82, 2.24) is 4.72 Å². The molecule has 0 atom stereocenters. The molecule has 2 N–H and O–H groups in total. The summed E-state index contributed by atoms with van der Waals surface area (Å²) in [7, 11) is -4.16. The van der Waals surface area contributed by atoms with E-state index in [0.717, 1.165) is 12.1 Å². The molecule has 0 amide bonds. The molecule has 5 nitrogen and oxygen atoms in total. The minimum Gasteiger partial charge on any atom is -0.478 e. The van der Waals surface area contributed by atoms with E-state index in [-0.39, 0.29) is 11.0 Å². The van der Waals surface area contributed by atoms with Crippen LogP contribution < -0.4 is 4.72 Å². The van der Waals surface area contributed by atoms with Crippen LogP contribution in [0.5, 0.6) is 0 Å². The number of carbonyl (C=O) groups is 1. The number of nitrogens with one attached hydrogen (secondary N) is 1. The Morgan fingerprint density at radius 2 is 2.16 bits per heavy atom. The fraction of sp³-hybridized carbons (Fsp3) is 0.182. The molecular formula is C11H9BrFNO4S. The molecule has 0 fully saturated rings. The number of rotatable bonds is 4. The van der Waals surface area contributed by atoms with Gasteiger partial charge in [0.2, 0.25) is 10.0 Å². The molecule has 19 heavy (non-hydrogen) atoms. The Kier molecular flexibility index (Phi) is 5.05. The van der Waals surface area contributed by atoms with Crippen LogP contribution >= 0.6 is 15.9 Å².